The van der Waals surface area contributed by atoms with Crippen LogP contribution in [0.5, 0.6) is 0 Å². The van der Waals surface area contributed by atoms with Gasteiger partial charge in [0.25, 0.3) is 0 Å². The molecule has 0 amide bonds. The highest BCUT2D eigenvalue weighted by Gasteiger charge is 2.28. The first-order valence-electron chi connectivity index (χ1n) is 5.99. The maximum Gasteiger partial charge on any atom is 0.186 e. The normalized spacial score (nSPS) is 16.8. The molecule has 1 unspecified atom stereocenters. The molecule has 0 saturated heterocycles. The van der Waals surface area contributed by atoms with Crippen molar-refractivity contribution in [2.75, 3.05) is 5.32 Å². The third-order valence-electron chi connectivity index (χ3n) is 3.30. The number of hydrogen-bond acceptors (Lipinski definition) is 2. The molecule has 2 nitrogen and oxygen atoms in total. The zero-order valence-electron chi connectivity index (χ0n) is 9.99. The lowest BCUT2D eigenvalue weighted by Gasteiger charge is -2.11. The lowest BCUT2D eigenvalue weighted by atomic mass is 10.0. The van der Waals surface area contributed by atoms with Gasteiger partial charge in [-0.2, -0.15) is 0 Å². The monoisotopic (exact) mass is 291 g/mol. The molecule has 1 heterocycles. The molecular formula is C15H11Cl2NO. The number of rotatable bonds is 2. The third kappa shape index (κ3) is 2.22. The van der Waals surface area contributed by atoms with Crippen molar-refractivity contribution in [1.82, 2.24) is 0 Å². The number of para-hydroxylation sites is 1. The predicted molar refractivity (Wildman–Crippen MR) is 78.3 cm³/mol. The molecule has 1 N–H and O–H groups in total. The summed E-state index contributed by atoms with van der Waals surface area (Å²) in [6.45, 7) is 0. The van der Waals surface area contributed by atoms with Crippen LogP contribution >= 0.6 is 23.2 Å². The Morgan fingerprint density at radius 1 is 1.11 bits per heavy atom. The van der Waals surface area contributed by atoms with Gasteiger partial charge in [-0.05, 0) is 23.8 Å². The van der Waals surface area contributed by atoms with Crippen LogP contribution in [0.4, 0.5) is 5.69 Å². The summed E-state index contributed by atoms with van der Waals surface area (Å²) in [7, 11) is 0. The Balaban J connectivity index is 1.89. The topological polar surface area (TPSA) is 29.1 Å². The fraction of sp³-hybridized carbons (Fsp3) is 0.133. The summed E-state index contributed by atoms with van der Waals surface area (Å²) in [4.78, 5) is 12.5. The summed E-state index contributed by atoms with van der Waals surface area (Å²) in [6, 6.07) is 12.8. The molecule has 0 spiro atoms. The van der Waals surface area contributed by atoms with Crippen LogP contribution in [0.25, 0.3) is 0 Å². The van der Waals surface area contributed by atoms with E-state index in [9.17, 15) is 4.79 Å². The minimum absolute atomic E-state index is 0.0244. The second-order valence-electron chi connectivity index (χ2n) is 4.52. The van der Waals surface area contributed by atoms with Gasteiger partial charge in [0.05, 0.1) is 16.1 Å². The minimum atomic E-state index is -0.270. The Hall–Kier alpha value is -1.51. The molecule has 2 aromatic carbocycles. The molecule has 0 aliphatic carbocycles. The SMILES string of the molecule is O=C(c1cccc(Cl)c1Cl)C1Cc2ccccc2N1. The number of hydrogen-bond donors (Lipinski definition) is 1. The largest absolute Gasteiger partial charge is 0.374 e. The average molecular weight is 292 g/mol. The molecule has 1 aliphatic heterocycles. The fourth-order valence-electron chi connectivity index (χ4n) is 2.34. The molecule has 0 bridgehead atoms. The standard InChI is InChI=1S/C15H11Cl2NO/c16-11-6-3-5-10(14(11)17)15(19)13-8-9-4-1-2-7-12(9)18-13/h1-7,13,18H,8H2. The second kappa shape index (κ2) is 4.87. The van der Waals surface area contributed by atoms with Crippen molar-refractivity contribution in [3.8, 4) is 0 Å². The van der Waals surface area contributed by atoms with E-state index in [2.05, 4.69) is 5.32 Å². The highest BCUT2D eigenvalue weighted by atomic mass is 35.5. The van der Waals surface area contributed by atoms with Gasteiger partial charge in [0.15, 0.2) is 5.78 Å². The summed E-state index contributed by atoms with van der Waals surface area (Å²) in [5.41, 5.74) is 2.64. The van der Waals surface area contributed by atoms with E-state index in [-0.39, 0.29) is 11.8 Å². The van der Waals surface area contributed by atoms with Crippen LogP contribution < -0.4 is 5.32 Å². The van der Waals surface area contributed by atoms with Crippen molar-refractivity contribution < 1.29 is 4.79 Å². The Morgan fingerprint density at radius 2 is 1.89 bits per heavy atom. The summed E-state index contributed by atoms with van der Waals surface area (Å²) < 4.78 is 0. The number of Topliss-reactive ketones (excluding diaryl/α,β-unsaturated/α-hetero) is 1. The summed E-state index contributed by atoms with van der Waals surface area (Å²) in [5, 5.41) is 3.96. The maximum absolute atomic E-state index is 12.5. The van der Waals surface area contributed by atoms with E-state index in [0.717, 1.165) is 11.3 Å². The van der Waals surface area contributed by atoms with Crippen molar-refractivity contribution in [3.63, 3.8) is 0 Å². The molecule has 19 heavy (non-hydrogen) atoms. The number of halogens is 2. The first-order valence-corrected chi connectivity index (χ1v) is 6.75. The second-order valence-corrected chi connectivity index (χ2v) is 5.31. The number of fused-ring (bicyclic) bond motifs is 1. The van der Waals surface area contributed by atoms with Crippen LogP contribution in [-0.2, 0) is 6.42 Å². The summed E-state index contributed by atoms with van der Waals surface area (Å²) >= 11 is 12.0. The van der Waals surface area contributed by atoms with Crippen molar-refractivity contribution in [2.24, 2.45) is 0 Å². The molecule has 2 aromatic rings. The highest BCUT2D eigenvalue weighted by Crippen LogP contribution is 2.31. The van der Waals surface area contributed by atoms with E-state index in [4.69, 9.17) is 23.2 Å². The Labute approximate surface area is 121 Å². The smallest absolute Gasteiger partial charge is 0.186 e. The van der Waals surface area contributed by atoms with Gasteiger partial charge >= 0.3 is 0 Å². The number of carbonyl (C=O) groups is 1. The fourth-order valence-corrected chi connectivity index (χ4v) is 2.73. The maximum atomic E-state index is 12.5. The van der Waals surface area contributed by atoms with Gasteiger partial charge in [-0.1, -0.05) is 47.5 Å². The van der Waals surface area contributed by atoms with Crippen LogP contribution in [-0.4, -0.2) is 11.8 Å². The van der Waals surface area contributed by atoms with Gasteiger partial charge < -0.3 is 5.32 Å². The summed E-state index contributed by atoms with van der Waals surface area (Å²) in [5.74, 6) is -0.0244. The van der Waals surface area contributed by atoms with E-state index in [1.54, 1.807) is 18.2 Å². The van der Waals surface area contributed by atoms with E-state index in [1.807, 2.05) is 24.3 Å². The summed E-state index contributed by atoms with van der Waals surface area (Å²) in [6.07, 6.45) is 0.678. The van der Waals surface area contributed by atoms with Gasteiger partial charge in [0.2, 0.25) is 0 Å². The molecule has 96 valence electrons. The minimum Gasteiger partial charge on any atom is -0.374 e. The zero-order valence-corrected chi connectivity index (χ0v) is 11.5. The number of nitrogens with one attached hydrogen (secondary N) is 1. The van der Waals surface area contributed by atoms with Crippen LogP contribution in [0.1, 0.15) is 15.9 Å². The molecule has 4 heteroatoms. The van der Waals surface area contributed by atoms with E-state index in [0.29, 0.717) is 22.0 Å². The van der Waals surface area contributed by atoms with Crippen molar-refractivity contribution in [1.29, 1.82) is 0 Å². The Morgan fingerprint density at radius 3 is 2.68 bits per heavy atom. The van der Waals surface area contributed by atoms with Crippen LogP contribution in [0.2, 0.25) is 10.0 Å². The number of benzene rings is 2. The number of carbonyl (C=O) groups excluding carboxylic acids is 1. The number of ketones is 1. The van der Waals surface area contributed by atoms with Crippen molar-refractivity contribution in [2.45, 2.75) is 12.5 Å². The molecule has 1 atom stereocenters. The average Bonchev–Trinajstić information content (AvgIpc) is 2.85. The van der Waals surface area contributed by atoms with Crippen molar-refractivity contribution in [3.05, 3.63) is 63.6 Å². The Bertz CT molecular complexity index is 629. The lowest BCUT2D eigenvalue weighted by Crippen LogP contribution is -2.27. The molecule has 0 fully saturated rings. The van der Waals surface area contributed by atoms with Gasteiger partial charge in [-0.15, -0.1) is 0 Å². The first-order chi connectivity index (χ1) is 9.16. The molecular weight excluding hydrogens is 281 g/mol. The van der Waals surface area contributed by atoms with E-state index >= 15 is 0 Å². The molecule has 0 aromatic heterocycles. The zero-order chi connectivity index (χ0) is 13.4. The van der Waals surface area contributed by atoms with Gasteiger partial charge in [0.1, 0.15) is 0 Å². The lowest BCUT2D eigenvalue weighted by molar-refractivity contribution is 0.0972. The molecule has 0 radical (unpaired) electrons. The molecule has 1 aliphatic rings. The van der Waals surface area contributed by atoms with E-state index in [1.165, 1.54) is 0 Å². The van der Waals surface area contributed by atoms with Crippen LogP contribution in [0, 0.1) is 0 Å². The predicted octanol–water partition coefficient (Wildman–Crippen LogP) is 4.21. The first kappa shape index (κ1) is 12.5. The molecule has 0 saturated carbocycles. The van der Waals surface area contributed by atoms with Gasteiger partial charge in [-0.3, -0.25) is 4.79 Å². The van der Waals surface area contributed by atoms with Crippen LogP contribution in [0.15, 0.2) is 42.5 Å². The third-order valence-corrected chi connectivity index (χ3v) is 4.12. The van der Waals surface area contributed by atoms with Crippen molar-refractivity contribution >= 4 is 34.7 Å². The van der Waals surface area contributed by atoms with Crippen LogP contribution in [0.3, 0.4) is 0 Å². The van der Waals surface area contributed by atoms with Gasteiger partial charge in [0, 0.05) is 17.7 Å². The molecule has 3 rings (SSSR count). The van der Waals surface area contributed by atoms with Gasteiger partial charge in [-0.25, -0.2) is 0 Å². The van der Waals surface area contributed by atoms with E-state index < -0.39 is 0 Å². The number of anilines is 1. The highest BCUT2D eigenvalue weighted by molar-refractivity contribution is 6.44. The Kier molecular flexibility index (Phi) is 3.21. The quantitative estimate of drug-likeness (QED) is 0.840.